The van der Waals surface area contributed by atoms with Crippen LogP contribution in [0.1, 0.15) is 0 Å². The Bertz CT molecular complexity index is 1060. The van der Waals surface area contributed by atoms with Gasteiger partial charge >= 0.3 is 0 Å². The second-order valence-electron chi connectivity index (χ2n) is 6.15. The van der Waals surface area contributed by atoms with Crippen molar-refractivity contribution in [3.8, 4) is 22.5 Å². The molecule has 122 valence electrons. The summed E-state index contributed by atoms with van der Waals surface area (Å²) in [6, 6.07) is 22.6. The van der Waals surface area contributed by atoms with Crippen molar-refractivity contribution in [3.05, 3.63) is 91.5 Å². The minimum Gasteiger partial charge on any atom is -0.264 e. The van der Waals surface area contributed by atoms with Crippen molar-refractivity contribution in [2.24, 2.45) is 0 Å². The van der Waals surface area contributed by atoms with Crippen LogP contribution >= 0.6 is 0 Å². The van der Waals surface area contributed by atoms with Crippen molar-refractivity contribution in [2.75, 3.05) is 0 Å². The van der Waals surface area contributed by atoms with Crippen LogP contribution < -0.4 is 0 Å². The number of rotatable bonds is 2. The second kappa shape index (κ2) is 6.05. The summed E-state index contributed by atoms with van der Waals surface area (Å²) in [5.74, 6) is 0. The summed E-state index contributed by atoms with van der Waals surface area (Å²) in [5, 5.41) is 4.56. The highest BCUT2D eigenvalue weighted by molar-refractivity contribution is 6.20. The lowest BCUT2D eigenvalue weighted by atomic mass is 9.89. The molecule has 5 aromatic rings. The quantitative estimate of drug-likeness (QED) is 0.400. The Hall–Kier alpha value is -3.59. The number of fused-ring (bicyclic) bond motifs is 2. The van der Waals surface area contributed by atoms with E-state index < -0.39 is 0 Å². The average molecular weight is 333 g/mol. The molecule has 3 nitrogen and oxygen atoms in total. The molecule has 0 aliphatic carbocycles. The molecule has 0 aliphatic heterocycles. The van der Waals surface area contributed by atoms with E-state index in [0.29, 0.717) is 0 Å². The Morgan fingerprint density at radius 2 is 1.00 bits per heavy atom. The lowest BCUT2D eigenvalue weighted by Gasteiger charge is -2.16. The van der Waals surface area contributed by atoms with E-state index in [1.807, 2.05) is 49.1 Å². The fourth-order valence-corrected chi connectivity index (χ4v) is 3.59. The van der Waals surface area contributed by atoms with E-state index in [1.54, 1.807) is 0 Å². The van der Waals surface area contributed by atoms with E-state index in [2.05, 4.69) is 57.4 Å². The summed E-state index contributed by atoms with van der Waals surface area (Å²) in [5.41, 5.74) is 4.17. The maximum Gasteiger partial charge on any atom is 0.0715 e. The summed E-state index contributed by atoms with van der Waals surface area (Å²) >= 11 is 0. The van der Waals surface area contributed by atoms with Crippen molar-refractivity contribution < 1.29 is 0 Å². The molecule has 3 aromatic heterocycles. The Labute approximate surface area is 151 Å². The maximum absolute atomic E-state index is 4.62. The van der Waals surface area contributed by atoms with Gasteiger partial charge in [-0.3, -0.25) is 15.0 Å². The van der Waals surface area contributed by atoms with Gasteiger partial charge in [0, 0.05) is 41.3 Å². The van der Waals surface area contributed by atoms with Crippen LogP contribution in [0.4, 0.5) is 0 Å². The Morgan fingerprint density at radius 3 is 1.58 bits per heavy atom. The molecule has 0 spiro atoms. The van der Waals surface area contributed by atoms with E-state index in [1.165, 1.54) is 5.39 Å². The topological polar surface area (TPSA) is 38.7 Å². The largest absolute Gasteiger partial charge is 0.264 e. The third kappa shape index (κ3) is 2.25. The first-order valence-electron chi connectivity index (χ1n) is 8.55. The molecule has 3 heterocycles. The standard InChI is InChI=1S/C23H15N3/c1-2-8-17-16(7-1)22(20-9-3-5-12-25-20)18-11-14-24-15-19(18)23(17)21-10-4-6-13-26-21/h1-15H. The molecule has 0 bridgehead atoms. The highest BCUT2D eigenvalue weighted by Crippen LogP contribution is 2.41. The monoisotopic (exact) mass is 333 g/mol. The smallest absolute Gasteiger partial charge is 0.0715 e. The lowest BCUT2D eigenvalue weighted by Crippen LogP contribution is -1.93. The van der Waals surface area contributed by atoms with Crippen LogP contribution in [0.5, 0.6) is 0 Å². The molecule has 0 radical (unpaired) electrons. The van der Waals surface area contributed by atoms with Gasteiger partial charge in [-0.25, -0.2) is 0 Å². The molecule has 0 fully saturated rings. The third-order valence-electron chi connectivity index (χ3n) is 4.67. The van der Waals surface area contributed by atoms with Gasteiger partial charge in [0.05, 0.1) is 11.4 Å². The van der Waals surface area contributed by atoms with E-state index in [-0.39, 0.29) is 0 Å². The van der Waals surface area contributed by atoms with E-state index in [0.717, 1.165) is 38.7 Å². The number of nitrogens with zero attached hydrogens (tertiary/aromatic N) is 3. The summed E-state index contributed by atoms with van der Waals surface area (Å²) in [4.78, 5) is 13.6. The molecule has 0 saturated carbocycles. The SMILES string of the molecule is c1ccc(-c2c3ccccc3c(-c3ccccn3)c3cnccc23)nc1. The van der Waals surface area contributed by atoms with Crippen LogP contribution in [0, 0.1) is 0 Å². The number of hydrogen-bond donors (Lipinski definition) is 0. The third-order valence-corrected chi connectivity index (χ3v) is 4.67. The van der Waals surface area contributed by atoms with E-state index in [4.69, 9.17) is 0 Å². The normalized spacial score (nSPS) is 11.1. The van der Waals surface area contributed by atoms with E-state index in [9.17, 15) is 0 Å². The number of hydrogen-bond acceptors (Lipinski definition) is 3. The zero-order valence-corrected chi connectivity index (χ0v) is 14.0. The maximum atomic E-state index is 4.62. The fourth-order valence-electron chi connectivity index (χ4n) is 3.59. The summed E-state index contributed by atoms with van der Waals surface area (Å²) in [6.45, 7) is 0. The molecular formula is C23H15N3. The Balaban J connectivity index is 2.02. The highest BCUT2D eigenvalue weighted by atomic mass is 14.7. The molecule has 3 heteroatoms. The van der Waals surface area contributed by atoms with Crippen LogP contribution in [0.15, 0.2) is 91.5 Å². The lowest BCUT2D eigenvalue weighted by molar-refractivity contribution is 1.32. The molecular weight excluding hydrogens is 318 g/mol. The zero-order valence-electron chi connectivity index (χ0n) is 14.0. The van der Waals surface area contributed by atoms with Gasteiger partial charge in [0.2, 0.25) is 0 Å². The summed E-state index contributed by atoms with van der Waals surface area (Å²) < 4.78 is 0. The molecule has 0 unspecified atom stereocenters. The van der Waals surface area contributed by atoms with Gasteiger partial charge in [-0.1, -0.05) is 36.4 Å². The van der Waals surface area contributed by atoms with Gasteiger partial charge in [-0.2, -0.15) is 0 Å². The molecule has 0 atom stereocenters. The van der Waals surface area contributed by atoms with Gasteiger partial charge in [-0.15, -0.1) is 0 Å². The molecule has 0 N–H and O–H groups in total. The van der Waals surface area contributed by atoms with Crippen LogP contribution in [0.3, 0.4) is 0 Å². The fraction of sp³-hybridized carbons (Fsp3) is 0. The van der Waals surface area contributed by atoms with Crippen molar-refractivity contribution in [3.63, 3.8) is 0 Å². The zero-order chi connectivity index (χ0) is 17.3. The molecule has 26 heavy (non-hydrogen) atoms. The molecule has 0 aliphatic rings. The van der Waals surface area contributed by atoms with Crippen molar-refractivity contribution in [1.29, 1.82) is 0 Å². The minimum atomic E-state index is 0.953. The van der Waals surface area contributed by atoms with Crippen LogP contribution in [-0.2, 0) is 0 Å². The minimum absolute atomic E-state index is 0.953. The van der Waals surface area contributed by atoms with Gasteiger partial charge < -0.3 is 0 Å². The number of aromatic nitrogens is 3. The first kappa shape index (κ1) is 14.7. The van der Waals surface area contributed by atoms with Crippen LogP contribution in [0.2, 0.25) is 0 Å². The first-order valence-corrected chi connectivity index (χ1v) is 8.55. The Kier molecular flexibility index (Phi) is 3.42. The predicted octanol–water partition coefficient (Wildman–Crippen LogP) is 5.51. The van der Waals surface area contributed by atoms with Gasteiger partial charge in [0.15, 0.2) is 0 Å². The highest BCUT2D eigenvalue weighted by Gasteiger charge is 2.17. The second-order valence-corrected chi connectivity index (χ2v) is 6.15. The molecule has 0 amide bonds. The predicted molar refractivity (Wildman–Crippen MR) is 106 cm³/mol. The van der Waals surface area contributed by atoms with E-state index >= 15 is 0 Å². The van der Waals surface area contributed by atoms with Gasteiger partial charge in [0.1, 0.15) is 0 Å². The molecule has 0 saturated heterocycles. The van der Waals surface area contributed by atoms with Gasteiger partial charge in [0.25, 0.3) is 0 Å². The summed E-state index contributed by atoms with van der Waals surface area (Å²) in [6.07, 6.45) is 7.44. The van der Waals surface area contributed by atoms with Crippen molar-refractivity contribution in [1.82, 2.24) is 15.0 Å². The first-order chi connectivity index (χ1) is 12.9. The number of benzene rings is 2. The Morgan fingerprint density at radius 1 is 0.462 bits per heavy atom. The van der Waals surface area contributed by atoms with Gasteiger partial charge in [-0.05, 0) is 46.5 Å². The molecule has 5 rings (SSSR count). The average Bonchev–Trinajstić information content (AvgIpc) is 2.73. The van der Waals surface area contributed by atoms with Crippen molar-refractivity contribution in [2.45, 2.75) is 0 Å². The number of pyridine rings is 3. The van der Waals surface area contributed by atoms with Crippen LogP contribution in [-0.4, -0.2) is 15.0 Å². The van der Waals surface area contributed by atoms with Crippen LogP contribution in [0.25, 0.3) is 44.1 Å². The molecule has 2 aromatic carbocycles. The summed E-state index contributed by atoms with van der Waals surface area (Å²) in [7, 11) is 0. The van der Waals surface area contributed by atoms with Crippen molar-refractivity contribution >= 4 is 21.5 Å².